The highest BCUT2D eigenvalue weighted by molar-refractivity contribution is 5.08. The van der Waals surface area contributed by atoms with Crippen molar-refractivity contribution in [1.29, 1.82) is 0 Å². The molecule has 0 spiro atoms. The fraction of sp³-hybridized carbons (Fsp3) is 0.778. The van der Waals surface area contributed by atoms with E-state index in [0.717, 1.165) is 13.0 Å². The number of nitrogens with two attached hydrogens (primary N) is 1. The lowest BCUT2D eigenvalue weighted by Gasteiger charge is -2.08. The van der Waals surface area contributed by atoms with Gasteiger partial charge in [0.15, 0.2) is 0 Å². The minimum absolute atomic E-state index is 0.166. The normalized spacial score (nSPS) is 29.0. The average Bonchev–Trinajstić information content (AvgIpc) is 2.39. The lowest BCUT2D eigenvalue weighted by molar-refractivity contribution is 0.145. The summed E-state index contributed by atoms with van der Waals surface area (Å²) >= 11 is 0. The minimum atomic E-state index is 0.166. The summed E-state index contributed by atoms with van der Waals surface area (Å²) in [5.41, 5.74) is 6.92. The molecular formula is C9H17NO. The van der Waals surface area contributed by atoms with E-state index in [1.54, 1.807) is 0 Å². The molecule has 0 aromatic carbocycles. The maximum atomic E-state index is 5.69. The van der Waals surface area contributed by atoms with Gasteiger partial charge in [0, 0.05) is 12.6 Å². The quantitative estimate of drug-likeness (QED) is 0.613. The van der Waals surface area contributed by atoms with Gasteiger partial charge in [-0.3, -0.25) is 0 Å². The van der Waals surface area contributed by atoms with Crippen LogP contribution in [0.4, 0.5) is 0 Å². The van der Waals surface area contributed by atoms with E-state index >= 15 is 0 Å². The summed E-state index contributed by atoms with van der Waals surface area (Å²) in [6, 6.07) is 0.166. The summed E-state index contributed by atoms with van der Waals surface area (Å²) in [5, 5.41) is 0. The van der Waals surface area contributed by atoms with Crippen LogP contribution < -0.4 is 5.73 Å². The maximum Gasteiger partial charge on any atom is 0.0759 e. The van der Waals surface area contributed by atoms with E-state index in [-0.39, 0.29) is 6.04 Å². The molecule has 2 heteroatoms. The van der Waals surface area contributed by atoms with E-state index in [0.29, 0.717) is 6.10 Å². The third-order valence-electron chi connectivity index (χ3n) is 2.13. The molecule has 1 aliphatic heterocycles. The average molecular weight is 155 g/mol. The Morgan fingerprint density at radius 2 is 2.45 bits per heavy atom. The third kappa shape index (κ3) is 2.64. The van der Waals surface area contributed by atoms with Crippen molar-refractivity contribution < 1.29 is 4.74 Å². The van der Waals surface area contributed by atoms with Gasteiger partial charge in [-0.2, -0.15) is 0 Å². The molecule has 2 nitrogen and oxygen atoms in total. The van der Waals surface area contributed by atoms with E-state index in [9.17, 15) is 0 Å². The van der Waals surface area contributed by atoms with Crippen LogP contribution in [0.3, 0.4) is 0 Å². The van der Waals surface area contributed by atoms with Crippen molar-refractivity contribution in [2.45, 2.75) is 38.8 Å². The van der Waals surface area contributed by atoms with Crippen molar-refractivity contribution in [3.63, 3.8) is 0 Å². The summed E-state index contributed by atoms with van der Waals surface area (Å²) in [7, 11) is 0. The first-order chi connectivity index (χ1) is 5.20. The monoisotopic (exact) mass is 155 g/mol. The van der Waals surface area contributed by atoms with Crippen molar-refractivity contribution >= 4 is 0 Å². The predicted molar refractivity (Wildman–Crippen MR) is 46.4 cm³/mol. The Balaban J connectivity index is 2.42. The second-order valence-corrected chi connectivity index (χ2v) is 3.25. The van der Waals surface area contributed by atoms with Crippen molar-refractivity contribution in [2.24, 2.45) is 5.73 Å². The highest BCUT2D eigenvalue weighted by Crippen LogP contribution is 2.15. The molecule has 0 aromatic rings. The van der Waals surface area contributed by atoms with Crippen LogP contribution in [-0.4, -0.2) is 18.8 Å². The van der Waals surface area contributed by atoms with Gasteiger partial charge in [0.25, 0.3) is 0 Å². The van der Waals surface area contributed by atoms with E-state index in [1.165, 1.54) is 12.0 Å². The van der Waals surface area contributed by atoms with Gasteiger partial charge in [-0.25, -0.2) is 0 Å². The zero-order valence-electron chi connectivity index (χ0n) is 7.34. The Morgan fingerprint density at radius 1 is 1.73 bits per heavy atom. The predicted octanol–water partition coefficient (Wildman–Crippen LogP) is 1.46. The van der Waals surface area contributed by atoms with Crippen LogP contribution >= 0.6 is 0 Å². The van der Waals surface area contributed by atoms with Crippen molar-refractivity contribution in [3.05, 3.63) is 11.6 Å². The fourth-order valence-corrected chi connectivity index (χ4v) is 1.18. The van der Waals surface area contributed by atoms with E-state index < -0.39 is 0 Å². The number of rotatable bonds is 2. The zero-order chi connectivity index (χ0) is 8.27. The Bertz CT molecular complexity index is 146. The van der Waals surface area contributed by atoms with Crippen LogP contribution in [0.1, 0.15) is 26.7 Å². The summed E-state index contributed by atoms with van der Waals surface area (Å²) < 4.78 is 5.44. The van der Waals surface area contributed by atoms with Gasteiger partial charge in [0.1, 0.15) is 0 Å². The summed E-state index contributed by atoms with van der Waals surface area (Å²) in [6.45, 7) is 4.97. The molecule has 11 heavy (non-hydrogen) atoms. The van der Waals surface area contributed by atoms with Crippen LogP contribution in [-0.2, 0) is 4.74 Å². The molecule has 0 radical (unpaired) electrons. The minimum Gasteiger partial charge on any atom is -0.374 e. The van der Waals surface area contributed by atoms with Gasteiger partial charge >= 0.3 is 0 Å². The van der Waals surface area contributed by atoms with Gasteiger partial charge in [0.2, 0.25) is 0 Å². The molecular weight excluding hydrogens is 138 g/mol. The molecule has 0 aliphatic carbocycles. The molecule has 2 unspecified atom stereocenters. The summed E-state index contributed by atoms with van der Waals surface area (Å²) in [4.78, 5) is 0. The van der Waals surface area contributed by atoms with Crippen LogP contribution in [0.25, 0.3) is 0 Å². The van der Waals surface area contributed by atoms with Crippen molar-refractivity contribution in [1.82, 2.24) is 0 Å². The number of hydrogen-bond acceptors (Lipinski definition) is 2. The van der Waals surface area contributed by atoms with Crippen LogP contribution in [0, 0.1) is 0 Å². The highest BCUT2D eigenvalue weighted by Gasteiger charge is 2.13. The summed E-state index contributed by atoms with van der Waals surface area (Å²) in [5.74, 6) is 0. The van der Waals surface area contributed by atoms with E-state index in [4.69, 9.17) is 10.5 Å². The molecule has 2 atom stereocenters. The number of hydrogen-bond donors (Lipinski definition) is 1. The lowest BCUT2D eigenvalue weighted by Crippen LogP contribution is -2.17. The molecule has 1 fully saturated rings. The van der Waals surface area contributed by atoms with Gasteiger partial charge < -0.3 is 10.5 Å². The van der Waals surface area contributed by atoms with Gasteiger partial charge in [-0.1, -0.05) is 11.6 Å². The van der Waals surface area contributed by atoms with Crippen LogP contribution in [0.5, 0.6) is 0 Å². The highest BCUT2D eigenvalue weighted by atomic mass is 16.5. The largest absolute Gasteiger partial charge is 0.374 e. The molecule has 1 rings (SSSR count). The van der Waals surface area contributed by atoms with E-state index in [1.807, 2.05) is 6.92 Å². The molecule has 1 heterocycles. The topological polar surface area (TPSA) is 35.2 Å². The Kier molecular flexibility index (Phi) is 3.09. The Morgan fingerprint density at radius 3 is 2.91 bits per heavy atom. The smallest absolute Gasteiger partial charge is 0.0759 e. The van der Waals surface area contributed by atoms with Crippen LogP contribution in [0.2, 0.25) is 0 Å². The second-order valence-electron chi connectivity index (χ2n) is 3.25. The molecule has 0 amide bonds. The molecule has 64 valence electrons. The standard InChI is InChI=1S/C9H17NO/c1-7(8(2)10)6-9-4-3-5-11-9/h6,8-9H,3-5,10H2,1-2H3/b7-6+. The molecule has 0 saturated carbocycles. The Hall–Kier alpha value is -0.340. The summed E-state index contributed by atoms with van der Waals surface area (Å²) in [6.07, 6.45) is 4.83. The second kappa shape index (κ2) is 3.88. The first-order valence-electron chi connectivity index (χ1n) is 4.25. The molecule has 1 aliphatic rings. The van der Waals surface area contributed by atoms with Gasteiger partial charge in [-0.05, 0) is 26.7 Å². The number of ether oxygens (including phenoxy) is 1. The van der Waals surface area contributed by atoms with Gasteiger partial charge in [-0.15, -0.1) is 0 Å². The molecule has 0 bridgehead atoms. The fourth-order valence-electron chi connectivity index (χ4n) is 1.18. The first kappa shape index (κ1) is 8.75. The third-order valence-corrected chi connectivity index (χ3v) is 2.13. The lowest BCUT2D eigenvalue weighted by atomic mass is 10.1. The van der Waals surface area contributed by atoms with Crippen molar-refractivity contribution in [2.75, 3.05) is 6.61 Å². The van der Waals surface area contributed by atoms with E-state index in [2.05, 4.69) is 13.0 Å². The van der Waals surface area contributed by atoms with Gasteiger partial charge in [0.05, 0.1) is 6.10 Å². The van der Waals surface area contributed by atoms with Crippen LogP contribution in [0.15, 0.2) is 11.6 Å². The maximum absolute atomic E-state index is 5.69. The molecule has 2 N–H and O–H groups in total. The molecule has 1 saturated heterocycles. The Labute approximate surface area is 68.4 Å². The zero-order valence-corrected chi connectivity index (χ0v) is 7.34. The SMILES string of the molecule is C/C(=C\C1CCCO1)C(C)N. The molecule has 0 aromatic heterocycles. The first-order valence-corrected chi connectivity index (χ1v) is 4.25. The van der Waals surface area contributed by atoms with Crippen molar-refractivity contribution in [3.8, 4) is 0 Å².